The predicted octanol–water partition coefficient (Wildman–Crippen LogP) is 4.09. The number of ether oxygens (including phenoxy) is 1. The zero-order chi connectivity index (χ0) is 22.8. The number of hydrogen-bond donors (Lipinski definition) is 0. The highest BCUT2D eigenvalue weighted by atomic mass is 19.3. The van der Waals surface area contributed by atoms with Gasteiger partial charge in [0.1, 0.15) is 17.6 Å². The summed E-state index contributed by atoms with van der Waals surface area (Å²) in [6.45, 7) is 3.48. The molecule has 0 saturated heterocycles. The summed E-state index contributed by atoms with van der Waals surface area (Å²) in [4.78, 5) is 25.9. The fourth-order valence-corrected chi connectivity index (χ4v) is 4.66. The Morgan fingerprint density at radius 3 is 2.75 bits per heavy atom. The predicted molar refractivity (Wildman–Crippen MR) is 117 cm³/mol. The minimum Gasteiger partial charge on any atom is -0.474 e. The Morgan fingerprint density at radius 2 is 2.09 bits per heavy atom. The van der Waals surface area contributed by atoms with E-state index in [1.807, 2.05) is 13.8 Å². The van der Waals surface area contributed by atoms with Crippen molar-refractivity contribution in [2.75, 3.05) is 0 Å². The molecule has 2 aliphatic rings. The topological polar surface area (TPSA) is 69.4 Å². The van der Waals surface area contributed by atoms with Crippen LogP contribution in [0.3, 0.4) is 0 Å². The number of imidazole rings is 1. The fourth-order valence-electron chi connectivity index (χ4n) is 4.66. The van der Waals surface area contributed by atoms with Crippen LogP contribution >= 0.6 is 0 Å². The largest absolute Gasteiger partial charge is 0.474 e. The van der Waals surface area contributed by atoms with Crippen molar-refractivity contribution < 1.29 is 18.3 Å². The van der Waals surface area contributed by atoms with E-state index in [9.17, 15) is 13.6 Å². The van der Waals surface area contributed by atoms with Crippen molar-refractivity contribution in [3.63, 3.8) is 0 Å². The number of ketones is 1. The molecule has 0 N–H and O–H groups in total. The maximum atomic E-state index is 13.0. The average Bonchev–Trinajstić information content (AvgIpc) is 3.40. The van der Waals surface area contributed by atoms with Gasteiger partial charge in [-0.1, -0.05) is 26.3 Å². The molecule has 1 aliphatic carbocycles. The minimum absolute atomic E-state index is 0.105. The number of fused-ring (bicyclic) bond motifs is 1. The Labute approximate surface area is 186 Å². The number of Topliss-reactive ketones (excluding diaryl/α,β-unsaturated/α-hetero) is 1. The molecule has 4 atom stereocenters. The number of alkyl halides is 2. The van der Waals surface area contributed by atoms with Gasteiger partial charge in [0.2, 0.25) is 5.88 Å². The van der Waals surface area contributed by atoms with E-state index in [-0.39, 0.29) is 24.0 Å². The third-order valence-electron chi connectivity index (χ3n) is 6.59. The first kappa shape index (κ1) is 22.6. The first-order valence-corrected chi connectivity index (χ1v) is 11.5. The van der Waals surface area contributed by atoms with Crippen LogP contribution in [-0.2, 0) is 4.79 Å². The van der Waals surface area contributed by atoms with Gasteiger partial charge in [-0.15, -0.1) is 0 Å². The van der Waals surface area contributed by atoms with Crippen molar-refractivity contribution in [3.8, 4) is 17.3 Å². The van der Waals surface area contributed by atoms with Gasteiger partial charge in [0, 0.05) is 24.5 Å². The lowest BCUT2D eigenvalue weighted by Crippen LogP contribution is -2.36. The molecule has 1 fully saturated rings. The van der Waals surface area contributed by atoms with Crippen LogP contribution in [0.25, 0.3) is 17.5 Å². The number of pyridine rings is 1. The summed E-state index contributed by atoms with van der Waals surface area (Å²) < 4.78 is 33.2. The fraction of sp³-hybridized carbons (Fsp3) is 0.583. The quantitative estimate of drug-likeness (QED) is 0.615. The van der Waals surface area contributed by atoms with Crippen molar-refractivity contribution in [1.82, 2.24) is 14.5 Å². The second kappa shape index (κ2) is 9.46. The molecule has 2 aromatic rings. The molecule has 4 unspecified atom stereocenters. The molecule has 6 nitrogen and oxygen atoms in total. The Kier molecular flexibility index (Phi) is 6.67. The van der Waals surface area contributed by atoms with Crippen LogP contribution in [0, 0.1) is 11.8 Å². The minimum atomic E-state index is -2.66. The highest BCUT2D eigenvalue weighted by Gasteiger charge is 2.35. The van der Waals surface area contributed by atoms with Gasteiger partial charge < -0.3 is 4.74 Å². The molecule has 172 valence electrons. The summed E-state index contributed by atoms with van der Waals surface area (Å²) in [5, 5.41) is 1.58. The first-order valence-electron chi connectivity index (χ1n) is 11.5. The zero-order valence-corrected chi connectivity index (χ0v) is 18.8. The Balaban J connectivity index is 1.70. The van der Waals surface area contributed by atoms with E-state index >= 15 is 0 Å². The van der Waals surface area contributed by atoms with E-state index in [0.717, 1.165) is 53.6 Å². The van der Waals surface area contributed by atoms with Gasteiger partial charge in [0.15, 0.2) is 0 Å². The molecule has 8 heteroatoms. The van der Waals surface area contributed by atoms with Gasteiger partial charge in [-0.25, -0.2) is 9.97 Å². The molecule has 32 heavy (non-hydrogen) atoms. The van der Waals surface area contributed by atoms with Crippen LogP contribution in [0.5, 0.6) is 5.88 Å². The number of nitrogens with zero attached hydrogens (tertiary/aromatic N) is 4. The van der Waals surface area contributed by atoms with Gasteiger partial charge in [-0.3, -0.25) is 14.4 Å². The third kappa shape index (κ3) is 4.59. The van der Waals surface area contributed by atoms with E-state index in [0.29, 0.717) is 29.5 Å². The van der Waals surface area contributed by atoms with Gasteiger partial charge in [-0.05, 0) is 38.7 Å². The third-order valence-corrected chi connectivity index (χ3v) is 6.59. The van der Waals surface area contributed by atoms with Crippen molar-refractivity contribution in [3.05, 3.63) is 29.2 Å². The van der Waals surface area contributed by atoms with Crippen molar-refractivity contribution in [2.24, 2.45) is 16.8 Å². The maximum Gasteiger partial charge on any atom is 0.319 e. The number of halogens is 2. The summed E-state index contributed by atoms with van der Waals surface area (Å²) in [5.41, 5.74) is 0.800. The first-order chi connectivity index (χ1) is 15.4. The van der Waals surface area contributed by atoms with Gasteiger partial charge >= 0.3 is 6.55 Å². The lowest BCUT2D eigenvalue weighted by atomic mass is 9.99. The Morgan fingerprint density at radius 1 is 1.28 bits per heavy atom. The van der Waals surface area contributed by atoms with E-state index < -0.39 is 6.55 Å². The molecule has 4 rings (SSSR count). The summed E-state index contributed by atoms with van der Waals surface area (Å²) in [7, 11) is 0. The molecular formula is C24H30F2N4O2. The van der Waals surface area contributed by atoms with Crippen molar-refractivity contribution in [1.29, 1.82) is 0 Å². The molecule has 0 spiro atoms. The number of aromatic nitrogens is 3. The van der Waals surface area contributed by atoms with Gasteiger partial charge in [0.05, 0.1) is 28.6 Å². The van der Waals surface area contributed by atoms with Crippen LogP contribution in [0.1, 0.15) is 65.8 Å². The highest BCUT2D eigenvalue weighted by Crippen LogP contribution is 2.33. The van der Waals surface area contributed by atoms with Crippen LogP contribution in [0.2, 0.25) is 0 Å². The standard InChI is InChI=1S/C24H30F2N4O2/c1-4-6-17-7-8-18-19(28-17)11-20(21-12-30(13-27-21)24(25)26)29-23(18)32-14(3)16-9-15(5-2)22(31)10-16/h8,11-17,24H,4-7,9-10H2,1-3H3. The van der Waals surface area contributed by atoms with Crippen LogP contribution in [-0.4, -0.2) is 32.5 Å². The Bertz CT molecular complexity index is 1100. The SMILES string of the molecule is CCCC1CC=c2c(OC(C)C3CC(=O)C(CC)C3)nc(-c3cn(C(F)F)cn3)cc2=N1. The summed E-state index contributed by atoms with van der Waals surface area (Å²) in [5.74, 6) is 0.981. The van der Waals surface area contributed by atoms with E-state index in [2.05, 4.69) is 23.0 Å². The van der Waals surface area contributed by atoms with Crippen LogP contribution < -0.4 is 15.3 Å². The van der Waals surface area contributed by atoms with Gasteiger partial charge in [0.25, 0.3) is 0 Å². The summed E-state index contributed by atoms with van der Waals surface area (Å²) in [6.07, 6.45) is 9.31. The van der Waals surface area contributed by atoms with Crippen molar-refractivity contribution >= 4 is 11.9 Å². The molecule has 1 aliphatic heterocycles. The number of rotatable bonds is 8. The van der Waals surface area contributed by atoms with Crippen LogP contribution in [0.4, 0.5) is 8.78 Å². The normalized spacial score (nSPS) is 23.6. The summed E-state index contributed by atoms with van der Waals surface area (Å²) in [6, 6.07) is 1.99. The summed E-state index contributed by atoms with van der Waals surface area (Å²) >= 11 is 0. The molecule has 2 aromatic heterocycles. The zero-order valence-electron chi connectivity index (χ0n) is 18.8. The lowest BCUT2D eigenvalue weighted by Gasteiger charge is -2.22. The highest BCUT2D eigenvalue weighted by molar-refractivity contribution is 5.83. The molecule has 1 saturated carbocycles. The van der Waals surface area contributed by atoms with E-state index in [1.54, 1.807) is 6.07 Å². The number of carbonyl (C=O) groups excluding carboxylic acids is 1. The molecule has 0 amide bonds. The lowest BCUT2D eigenvalue weighted by molar-refractivity contribution is -0.121. The smallest absolute Gasteiger partial charge is 0.319 e. The molecular weight excluding hydrogens is 414 g/mol. The van der Waals surface area contributed by atoms with Gasteiger partial charge in [-0.2, -0.15) is 8.78 Å². The molecule has 0 radical (unpaired) electrons. The average molecular weight is 445 g/mol. The molecule has 0 bridgehead atoms. The van der Waals surface area contributed by atoms with E-state index in [1.165, 1.54) is 6.20 Å². The second-order valence-corrected chi connectivity index (χ2v) is 8.84. The van der Waals surface area contributed by atoms with E-state index in [4.69, 9.17) is 9.73 Å². The molecule has 3 heterocycles. The molecule has 0 aromatic carbocycles. The monoisotopic (exact) mass is 444 g/mol. The Hall–Kier alpha value is -2.64. The van der Waals surface area contributed by atoms with Crippen LogP contribution in [0.15, 0.2) is 23.6 Å². The number of carbonyl (C=O) groups is 1. The van der Waals surface area contributed by atoms with Crippen molar-refractivity contribution in [2.45, 2.75) is 78.0 Å². The number of hydrogen-bond acceptors (Lipinski definition) is 5. The maximum absolute atomic E-state index is 13.0. The second-order valence-electron chi connectivity index (χ2n) is 8.84.